The molecule has 10 heavy (non-hydrogen) atoms. The largest absolute Gasteiger partial charge is 0.0864 e. The summed E-state index contributed by atoms with van der Waals surface area (Å²) in [6.45, 7) is 0. The summed E-state index contributed by atoms with van der Waals surface area (Å²) in [5.74, 6) is 1.11. The Hall–Kier alpha value is 1.46. The van der Waals surface area contributed by atoms with E-state index in [1.807, 2.05) is 0 Å². The van der Waals surface area contributed by atoms with Gasteiger partial charge in [-0.15, -0.1) is 0 Å². The van der Waals surface area contributed by atoms with Gasteiger partial charge in [-0.2, -0.15) is 0 Å². The molecule has 1 saturated carbocycles. The van der Waals surface area contributed by atoms with Crippen LogP contribution < -0.4 is 0 Å². The second-order valence-corrected chi connectivity index (χ2v) is 5.73. The summed E-state index contributed by atoms with van der Waals surface area (Å²) in [6, 6.07) is 0. The third-order valence-corrected chi connectivity index (χ3v) is 4.33. The Kier molecular flexibility index (Phi) is 4.93. The summed E-state index contributed by atoms with van der Waals surface area (Å²) < 4.78 is 2.38. The fourth-order valence-corrected chi connectivity index (χ4v) is 2.74. The molecular weight excluding hydrogens is 350 g/mol. The van der Waals surface area contributed by atoms with Crippen molar-refractivity contribution in [1.82, 2.24) is 0 Å². The number of halogens is 2. The predicted octanol–water partition coefficient (Wildman–Crippen LogP) is 3.81. The van der Waals surface area contributed by atoms with E-state index in [0.29, 0.717) is 0 Å². The average molecular weight is 364 g/mol. The SMILES string of the molecule is ICCCCCC1CC1I. The number of unbranched alkanes of at least 4 members (excludes halogenated alkanes) is 2. The van der Waals surface area contributed by atoms with E-state index in [1.54, 1.807) is 0 Å². The third kappa shape index (κ3) is 3.74. The van der Waals surface area contributed by atoms with Gasteiger partial charge in [-0.3, -0.25) is 0 Å². The molecule has 2 unspecified atom stereocenters. The highest BCUT2D eigenvalue weighted by molar-refractivity contribution is 14.1. The van der Waals surface area contributed by atoms with Crippen molar-refractivity contribution in [3.8, 4) is 0 Å². The molecule has 0 bridgehead atoms. The topological polar surface area (TPSA) is 0 Å². The quantitative estimate of drug-likeness (QED) is 0.396. The summed E-state index contributed by atoms with van der Waals surface area (Å²) in [5, 5.41) is 0. The molecule has 0 heterocycles. The lowest BCUT2D eigenvalue weighted by atomic mass is 10.1. The molecule has 1 aliphatic carbocycles. The summed E-state index contributed by atoms with van der Waals surface area (Å²) in [5.41, 5.74) is 0. The normalized spacial score (nSPS) is 30.6. The van der Waals surface area contributed by atoms with Crippen molar-refractivity contribution < 1.29 is 0 Å². The van der Waals surface area contributed by atoms with Gasteiger partial charge in [-0.25, -0.2) is 0 Å². The van der Waals surface area contributed by atoms with Gasteiger partial charge in [0.2, 0.25) is 0 Å². The maximum Gasteiger partial charge on any atom is 0.0141 e. The van der Waals surface area contributed by atoms with Crippen LogP contribution in [0.3, 0.4) is 0 Å². The van der Waals surface area contributed by atoms with Gasteiger partial charge in [-0.1, -0.05) is 58.0 Å². The molecule has 0 spiro atoms. The summed E-state index contributed by atoms with van der Waals surface area (Å²) in [6.07, 6.45) is 7.38. The molecule has 0 aromatic heterocycles. The molecular formula is C8H14I2. The zero-order valence-electron chi connectivity index (χ0n) is 6.15. The Morgan fingerprint density at radius 3 is 2.40 bits per heavy atom. The number of hydrogen-bond donors (Lipinski definition) is 0. The van der Waals surface area contributed by atoms with E-state index in [-0.39, 0.29) is 0 Å². The molecule has 0 radical (unpaired) electrons. The van der Waals surface area contributed by atoms with Crippen LogP contribution in [0.4, 0.5) is 0 Å². The fraction of sp³-hybridized carbons (Fsp3) is 1.00. The van der Waals surface area contributed by atoms with Crippen LogP contribution in [-0.2, 0) is 0 Å². The van der Waals surface area contributed by atoms with Crippen LogP contribution in [0.1, 0.15) is 32.1 Å². The average Bonchev–Trinajstić information content (AvgIpc) is 2.60. The number of alkyl halides is 2. The van der Waals surface area contributed by atoms with Gasteiger partial charge in [0.25, 0.3) is 0 Å². The van der Waals surface area contributed by atoms with Gasteiger partial charge >= 0.3 is 0 Å². The van der Waals surface area contributed by atoms with Crippen LogP contribution in [0.2, 0.25) is 0 Å². The minimum atomic E-state index is 1.04. The fourth-order valence-electron chi connectivity index (χ4n) is 1.19. The lowest BCUT2D eigenvalue weighted by Crippen LogP contribution is -1.82. The summed E-state index contributed by atoms with van der Waals surface area (Å²) >= 11 is 5.04. The van der Waals surface area contributed by atoms with Crippen LogP contribution >= 0.6 is 45.2 Å². The second kappa shape index (κ2) is 5.17. The van der Waals surface area contributed by atoms with Crippen molar-refractivity contribution in [2.75, 3.05) is 4.43 Å². The van der Waals surface area contributed by atoms with Gasteiger partial charge in [0.1, 0.15) is 0 Å². The van der Waals surface area contributed by atoms with Crippen LogP contribution in [0.5, 0.6) is 0 Å². The zero-order chi connectivity index (χ0) is 7.40. The zero-order valence-corrected chi connectivity index (χ0v) is 10.5. The molecule has 0 N–H and O–H groups in total. The first-order valence-corrected chi connectivity index (χ1v) is 6.81. The van der Waals surface area contributed by atoms with Crippen molar-refractivity contribution in [1.29, 1.82) is 0 Å². The Morgan fingerprint density at radius 1 is 1.20 bits per heavy atom. The standard InChI is InChI=1S/C8H14I2/c9-5-3-1-2-4-7-6-8(7)10/h7-8H,1-6H2. The minimum Gasteiger partial charge on any atom is -0.0864 e. The second-order valence-electron chi connectivity index (χ2n) is 3.05. The molecule has 2 heteroatoms. The van der Waals surface area contributed by atoms with E-state index >= 15 is 0 Å². The maximum absolute atomic E-state index is 2.58. The Labute approximate surface area is 90.8 Å². The molecule has 1 aliphatic rings. The van der Waals surface area contributed by atoms with Crippen molar-refractivity contribution in [2.24, 2.45) is 5.92 Å². The molecule has 0 saturated heterocycles. The first kappa shape index (κ1) is 9.55. The smallest absolute Gasteiger partial charge is 0.0141 e. The molecule has 0 nitrogen and oxygen atoms in total. The summed E-state index contributed by atoms with van der Waals surface area (Å²) in [7, 11) is 0. The monoisotopic (exact) mass is 364 g/mol. The van der Waals surface area contributed by atoms with Crippen molar-refractivity contribution in [3.05, 3.63) is 0 Å². The molecule has 60 valence electrons. The van der Waals surface area contributed by atoms with E-state index in [1.165, 1.54) is 36.5 Å². The molecule has 1 fully saturated rings. The maximum atomic E-state index is 2.58. The van der Waals surface area contributed by atoms with Crippen molar-refractivity contribution in [3.63, 3.8) is 0 Å². The lowest BCUT2D eigenvalue weighted by molar-refractivity contribution is 0.628. The first-order chi connectivity index (χ1) is 4.84. The Bertz CT molecular complexity index is 93.3. The van der Waals surface area contributed by atoms with Gasteiger partial charge in [0, 0.05) is 3.92 Å². The molecule has 0 aromatic carbocycles. The third-order valence-electron chi connectivity index (χ3n) is 2.04. The van der Waals surface area contributed by atoms with E-state index in [0.717, 1.165) is 9.84 Å². The van der Waals surface area contributed by atoms with Gasteiger partial charge in [0.15, 0.2) is 0 Å². The van der Waals surface area contributed by atoms with Gasteiger partial charge in [0.05, 0.1) is 0 Å². The molecule has 0 aromatic rings. The number of hydrogen-bond acceptors (Lipinski definition) is 0. The Balaban J connectivity index is 1.78. The summed E-state index contributed by atoms with van der Waals surface area (Å²) in [4.78, 5) is 0. The van der Waals surface area contributed by atoms with Gasteiger partial charge in [-0.05, 0) is 29.6 Å². The highest BCUT2D eigenvalue weighted by Crippen LogP contribution is 2.41. The van der Waals surface area contributed by atoms with Crippen LogP contribution in [0.15, 0.2) is 0 Å². The molecule has 2 atom stereocenters. The van der Waals surface area contributed by atoms with Crippen LogP contribution in [0.25, 0.3) is 0 Å². The van der Waals surface area contributed by atoms with E-state index in [4.69, 9.17) is 0 Å². The van der Waals surface area contributed by atoms with Crippen molar-refractivity contribution >= 4 is 45.2 Å². The van der Waals surface area contributed by atoms with Crippen molar-refractivity contribution in [2.45, 2.75) is 36.0 Å². The van der Waals surface area contributed by atoms with Crippen LogP contribution in [-0.4, -0.2) is 8.35 Å². The Morgan fingerprint density at radius 2 is 1.90 bits per heavy atom. The van der Waals surface area contributed by atoms with E-state index in [2.05, 4.69) is 45.2 Å². The molecule has 1 rings (SSSR count). The molecule has 0 amide bonds. The minimum absolute atomic E-state index is 1.04. The number of rotatable bonds is 5. The van der Waals surface area contributed by atoms with E-state index < -0.39 is 0 Å². The highest BCUT2D eigenvalue weighted by Gasteiger charge is 2.33. The molecule has 0 aliphatic heterocycles. The first-order valence-electron chi connectivity index (χ1n) is 4.04. The van der Waals surface area contributed by atoms with E-state index in [9.17, 15) is 0 Å². The van der Waals surface area contributed by atoms with Gasteiger partial charge < -0.3 is 0 Å². The highest BCUT2D eigenvalue weighted by atomic mass is 127. The van der Waals surface area contributed by atoms with Crippen LogP contribution in [0, 0.1) is 5.92 Å². The lowest BCUT2D eigenvalue weighted by Gasteiger charge is -1.95. The predicted molar refractivity (Wildman–Crippen MR) is 63.3 cm³/mol.